The van der Waals surface area contributed by atoms with E-state index in [0.717, 1.165) is 12.3 Å². The fraction of sp³-hybridized carbons (Fsp3) is 0.381. The third-order valence-electron chi connectivity index (χ3n) is 5.28. The summed E-state index contributed by atoms with van der Waals surface area (Å²) in [6, 6.07) is 6.29. The fourth-order valence-electron chi connectivity index (χ4n) is 3.38. The number of nitro groups is 1. The van der Waals surface area contributed by atoms with E-state index in [0.29, 0.717) is 37.3 Å². The molecule has 0 bridgehead atoms. The van der Waals surface area contributed by atoms with Crippen molar-refractivity contribution in [1.82, 2.24) is 4.98 Å². The number of amides is 1. The monoisotopic (exact) mass is 466 g/mol. The van der Waals surface area contributed by atoms with Gasteiger partial charge in [0.1, 0.15) is 5.82 Å². The average molecular weight is 466 g/mol. The molecule has 0 atom stereocenters. The molecule has 3 rings (SSSR count). The lowest BCUT2D eigenvalue weighted by Crippen LogP contribution is -2.38. The molecule has 1 aliphatic rings. The van der Waals surface area contributed by atoms with Crippen LogP contribution in [0.4, 0.5) is 30.4 Å². The second-order valence-corrected chi connectivity index (χ2v) is 7.58. The van der Waals surface area contributed by atoms with E-state index in [2.05, 4.69) is 10.3 Å². The van der Waals surface area contributed by atoms with Gasteiger partial charge in [-0.05, 0) is 37.5 Å². The van der Waals surface area contributed by atoms with Crippen LogP contribution in [0, 0.1) is 23.0 Å². The van der Waals surface area contributed by atoms with Gasteiger partial charge >= 0.3 is 12.1 Å². The molecule has 1 amide bonds. The van der Waals surface area contributed by atoms with Gasteiger partial charge in [0.15, 0.2) is 6.61 Å². The van der Waals surface area contributed by atoms with Crippen LogP contribution in [-0.4, -0.2) is 41.5 Å². The molecule has 2 heterocycles. The Morgan fingerprint density at radius 3 is 2.52 bits per heavy atom. The molecule has 1 fully saturated rings. The number of non-ortho nitro benzene ring substituents is 1. The fourth-order valence-corrected chi connectivity index (χ4v) is 3.38. The number of carbonyl (C=O) groups excluding carboxylic acids is 2. The van der Waals surface area contributed by atoms with Gasteiger partial charge in [0.05, 0.1) is 22.1 Å². The molecule has 1 aromatic carbocycles. The van der Waals surface area contributed by atoms with Gasteiger partial charge in [-0.2, -0.15) is 13.2 Å². The number of anilines is 2. The first kappa shape index (κ1) is 24.0. The number of pyridine rings is 1. The highest BCUT2D eigenvalue weighted by Crippen LogP contribution is 2.30. The number of piperidine rings is 1. The number of ether oxygens (including phenoxy) is 1. The Morgan fingerprint density at radius 2 is 1.94 bits per heavy atom. The Bertz CT molecular complexity index is 1040. The van der Waals surface area contributed by atoms with Crippen LogP contribution >= 0.6 is 0 Å². The lowest BCUT2D eigenvalue weighted by atomic mass is 9.97. The SMILES string of the molecule is Cc1ccc([N+](=O)[O-])cc1NC(=O)COC(=O)C1CCN(c2ccc(C(F)(F)F)cn2)CC1. The first-order valence-electron chi connectivity index (χ1n) is 10.0. The van der Waals surface area contributed by atoms with E-state index >= 15 is 0 Å². The van der Waals surface area contributed by atoms with Crippen LogP contribution in [-0.2, 0) is 20.5 Å². The number of benzene rings is 1. The first-order valence-corrected chi connectivity index (χ1v) is 10.0. The molecule has 0 aliphatic carbocycles. The average Bonchev–Trinajstić information content (AvgIpc) is 2.78. The Balaban J connectivity index is 1.47. The summed E-state index contributed by atoms with van der Waals surface area (Å²) in [6.07, 6.45) is -2.89. The largest absolute Gasteiger partial charge is 0.455 e. The minimum absolute atomic E-state index is 0.179. The molecule has 1 aliphatic heterocycles. The van der Waals surface area contributed by atoms with Gasteiger partial charge in [-0.1, -0.05) is 6.07 Å². The van der Waals surface area contributed by atoms with Crippen LogP contribution in [0.15, 0.2) is 36.5 Å². The van der Waals surface area contributed by atoms with Crippen LogP contribution in [0.5, 0.6) is 0 Å². The molecule has 1 aromatic heterocycles. The number of aromatic nitrogens is 1. The molecule has 1 N–H and O–H groups in total. The molecule has 33 heavy (non-hydrogen) atoms. The predicted molar refractivity (Wildman–Crippen MR) is 112 cm³/mol. The highest BCUT2D eigenvalue weighted by molar-refractivity contribution is 5.94. The van der Waals surface area contributed by atoms with Crippen LogP contribution in [0.2, 0.25) is 0 Å². The van der Waals surface area contributed by atoms with Crippen LogP contribution in [0.1, 0.15) is 24.0 Å². The number of hydrogen-bond acceptors (Lipinski definition) is 7. The summed E-state index contributed by atoms with van der Waals surface area (Å²) in [6.45, 7) is 1.93. The molecule has 0 radical (unpaired) electrons. The maximum atomic E-state index is 12.7. The molecule has 0 unspecified atom stereocenters. The summed E-state index contributed by atoms with van der Waals surface area (Å²) >= 11 is 0. The van der Waals surface area contributed by atoms with E-state index in [4.69, 9.17) is 4.74 Å². The molecule has 9 nitrogen and oxygen atoms in total. The Hall–Kier alpha value is -3.70. The number of nitro benzene ring substituents is 1. The van der Waals surface area contributed by atoms with Crippen molar-refractivity contribution >= 4 is 29.1 Å². The van der Waals surface area contributed by atoms with E-state index in [1.807, 2.05) is 0 Å². The number of nitrogens with zero attached hydrogens (tertiary/aromatic N) is 3. The quantitative estimate of drug-likeness (QED) is 0.392. The minimum atomic E-state index is -4.46. The normalized spacial score (nSPS) is 14.6. The summed E-state index contributed by atoms with van der Waals surface area (Å²) in [5.41, 5.74) is -0.141. The van der Waals surface area contributed by atoms with Crippen LogP contribution in [0.3, 0.4) is 0 Å². The summed E-state index contributed by atoms with van der Waals surface area (Å²) in [4.78, 5) is 40.4. The molecule has 2 aromatic rings. The Labute approximate surface area is 186 Å². The second kappa shape index (κ2) is 9.84. The third kappa shape index (κ3) is 6.18. The number of halogens is 3. The molecular formula is C21H21F3N4O5. The second-order valence-electron chi connectivity index (χ2n) is 7.58. The standard InChI is InChI=1S/C21H21F3N4O5/c1-13-2-4-16(28(31)32)10-17(13)26-19(29)12-33-20(30)14-6-8-27(9-7-14)18-5-3-15(11-25-18)21(22,23)24/h2-5,10-11,14H,6-9,12H2,1H3,(H,26,29). The van der Waals surface area contributed by atoms with Gasteiger partial charge in [-0.25, -0.2) is 4.98 Å². The predicted octanol–water partition coefficient (Wildman–Crippen LogP) is 3.72. The van der Waals surface area contributed by atoms with Gasteiger partial charge < -0.3 is 15.0 Å². The van der Waals surface area contributed by atoms with E-state index in [9.17, 15) is 32.9 Å². The van der Waals surface area contributed by atoms with Crippen molar-refractivity contribution in [3.8, 4) is 0 Å². The van der Waals surface area contributed by atoms with Crippen molar-refractivity contribution in [1.29, 1.82) is 0 Å². The van der Waals surface area contributed by atoms with Crippen molar-refractivity contribution in [2.45, 2.75) is 25.9 Å². The first-order chi connectivity index (χ1) is 15.5. The smallest absolute Gasteiger partial charge is 0.417 e. The number of alkyl halides is 3. The summed E-state index contributed by atoms with van der Waals surface area (Å²) in [5, 5.41) is 13.4. The molecule has 12 heteroatoms. The van der Waals surface area contributed by atoms with E-state index in [1.54, 1.807) is 11.8 Å². The summed E-state index contributed by atoms with van der Waals surface area (Å²) in [7, 11) is 0. The number of carbonyl (C=O) groups is 2. The Kier molecular flexibility index (Phi) is 7.14. The van der Waals surface area contributed by atoms with Gasteiger partial charge in [0, 0.05) is 31.4 Å². The van der Waals surface area contributed by atoms with E-state index < -0.39 is 41.1 Å². The van der Waals surface area contributed by atoms with Crippen LogP contribution in [0.25, 0.3) is 0 Å². The lowest BCUT2D eigenvalue weighted by Gasteiger charge is -2.31. The number of esters is 1. The van der Waals surface area contributed by atoms with E-state index in [1.165, 1.54) is 24.3 Å². The number of hydrogen-bond donors (Lipinski definition) is 1. The maximum absolute atomic E-state index is 12.7. The topological polar surface area (TPSA) is 115 Å². The van der Waals surface area contributed by atoms with Gasteiger partial charge in [-0.15, -0.1) is 0 Å². The molecule has 1 saturated heterocycles. The maximum Gasteiger partial charge on any atom is 0.417 e. The number of aryl methyl sites for hydroxylation is 1. The highest BCUT2D eigenvalue weighted by Gasteiger charge is 2.32. The van der Waals surface area contributed by atoms with Crippen molar-refractivity contribution in [3.05, 3.63) is 57.8 Å². The third-order valence-corrected chi connectivity index (χ3v) is 5.28. The summed E-state index contributed by atoms with van der Waals surface area (Å²) < 4.78 is 43.1. The minimum Gasteiger partial charge on any atom is -0.455 e. The Morgan fingerprint density at radius 1 is 1.24 bits per heavy atom. The van der Waals surface area contributed by atoms with Crippen molar-refractivity contribution < 1.29 is 32.4 Å². The zero-order chi connectivity index (χ0) is 24.2. The lowest BCUT2D eigenvalue weighted by molar-refractivity contribution is -0.384. The molecule has 0 saturated carbocycles. The van der Waals surface area contributed by atoms with Crippen molar-refractivity contribution in [2.75, 3.05) is 29.9 Å². The number of nitrogens with one attached hydrogen (secondary N) is 1. The van der Waals surface area contributed by atoms with Gasteiger partial charge in [-0.3, -0.25) is 19.7 Å². The molecular weight excluding hydrogens is 445 g/mol. The van der Waals surface area contributed by atoms with Crippen molar-refractivity contribution in [2.24, 2.45) is 5.92 Å². The zero-order valence-corrected chi connectivity index (χ0v) is 17.6. The van der Waals surface area contributed by atoms with Gasteiger partial charge in [0.25, 0.3) is 11.6 Å². The highest BCUT2D eigenvalue weighted by atomic mass is 19.4. The van der Waals surface area contributed by atoms with Crippen molar-refractivity contribution in [3.63, 3.8) is 0 Å². The summed E-state index contributed by atoms with van der Waals surface area (Å²) in [5.74, 6) is -1.25. The molecule has 0 spiro atoms. The zero-order valence-electron chi connectivity index (χ0n) is 17.6. The molecule has 176 valence electrons. The van der Waals surface area contributed by atoms with Gasteiger partial charge in [0.2, 0.25) is 0 Å². The van der Waals surface area contributed by atoms with Crippen LogP contribution < -0.4 is 10.2 Å². The van der Waals surface area contributed by atoms with E-state index in [-0.39, 0.29) is 11.4 Å². The number of rotatable bonds is 6.